The lowest BCUT2D eigenvalue weighted by Crippen LogP contribution is -2.25. The summed E-state index contributed by atoms with van der Waals surface area (Å²) in [6.07, 6.45) is 4.53. The molecule has 0 atom stereocenters. The summed E-state index contributed by atoms with van der Waals surface area (Å²) in [7, 11) is 0. The number of aromatic amines is 1. The number of H-pyrrole nitrogens is 1. The van der Waals surface area contributed by atoms with E-state index in [0.29, 0.717) is 12.1 Å². The van der Waals surface area contributed by atoms with Crippen LogP contribution in [-0.4, -0.2) is 10.9 Å². The van der Waals surface area contributed by atoms with Crippen molar-refractivity contribution in [2.75, 3.05) is 0 Å². The van der Waals surface area contributed by atoms with Gasteiger partial charge in [-0.2, -0.15) is 0 Å². The summed E-state index contributed by atoms with van der Waals surface area (Å²) in [6, 6.07) is 9.35. The Bertz CT molecular complexity index is 953. The van der Waals surface area contributed by atoms with Crippen molar-refractivity contribution < 1.29 is 4.79 Å². The van der Waals surface area contributed by atoms with Crippen molar-refractivity contribution in [2.24, 2.45) is 0 Å². The van der Waals surface area contributed by atoms with Gasteiger partial charge < -0.3 is 10.3 Å². The Labute approximate surface area is 171 Å². The highest BCUT2D eigenvalue weighted by Gasteiger charge is 2.14. The molecule has 2 aromatic rings. The zero-order valence-corrected chi connectivity index (χ0v) is 18.0. The van der Waals surface area contributed by atoms with Crippen molar-refractivity contribution in [2.45, 2.75) is 47.6 Å². The Kier molecular flexibility index (Phi) is 7.88. The van der Waals surface area contributed by atoms with E-state index >= 15 is 0 Å². The average molecular weight is 397 g/mol. The molecule has 0 aliphatic heterocycles. The minimum atomic E-state index is -0.292. The van der Waals surface area contributed by atoms with Crippen molar-refractivity contribution in [3.8, 4) is 0 Å². The first kappa shape index (κ1) is 21.8. The number of carbonyl (C=O) groups is 1. The summed E-state index contributed by atoms with van der Waals surface area (Å²) in [5.41, 5.74) is 4.04. The number of amides is 1. The summed E-state index contributed by atoms with van der Waals surface area (Å²) < 4.78 is 0. The molecule has 1 aromatic heterocycles. The third-order valence-electron chi connectivity index (χ3n) is 4.56. The van der Waals surface area contributed by atoms with E-state index in [0.717, 1.165) is 27.4 Å². The largest absolute Gasteiger partial charge is 0.356 e. The van der Waals surface area contributed by atoms with Crippen molar-refractivity contribution in [3.63, 3.8) is 0 Å². The van der Waals surface area contributed by atoms with Crippen LogP contribution in [0, 0.1) is 6.92 Å². The number of aryl methyl sites for hydroxylation is 1. The Balaban J connectivity index is 2.21. The van der Waals surface area contributed by atoms with E-state index in [4.69, 9.17) is 0 Å². The predicted octanol–water partition coefficient (Wildman–Crippen LogP) is 5.41. The van der Waals surface area contributed by atoms with Gasteiger partial charge in [0, 0.05) is 23.7 Å². The van der Waals surface area contributed by atoms with E-state index in [1.54, 1.807) is 18.0 Å². The van der Waals surface area contributed by atoms with Crippen molar-refractivity contribution in [1.29, 1.82) is 0 Å². The van der Waals surface area contributed by atoms with Crippen LogP contribution < -0.4 is 10.7 Å². The van der Waals surface area contributed by atoms with Crippen LogP contribution in [-0.2, 0) is 6.54 Å². The van der Waals surface area contributed by atoms with Gasteiger partial charge in [0.2, 0.25) is 0 Å². The molecular formula is C23H28N2O2S. The summed E-state index contributed by atoms with van der Waals surface area (Å²) in [6.45, 7) is 10.5. The number of carbonyl (C=O) groups excluding carboxylic acids is 1. The predicted molar refractivity (Wildman–Crippen MR) is 119 cm³/mol. The monoisotopic (exact) mass is 396 g/mol. The Morgan fingerprint density at radius 1 is 1.21 bits per heavy atom. The second kappa shape index (κ2) is 10.1. The van der Waals surface area contributed by atoms with Crippen molar-refractivity contribution in [1.82, 2.24) is 10.3 Å². The molecule has 2 rings (SSSR count). The van der Waals surface area contributed by atoms with Crippen molar-refractivity contribution >= 4 is 22.6 Å². The molecule has 0 radical (unpaired) electrons. The molecule has 0 bridgehead atoms. The molecule has 0 aliphatic rings. The third kappa shape index (κ3) is 5.73. The topological polar surface area (TPSA) is 62.0 Å². The van der Waals surface area contributed by atoms with Crippen LogP contribution in [0.4, 0.5) is 0 Å². The zero-order valence-electron chi connectivity index (χ0n) is 17.2. The van der Waals surface area contributed by atoms with Gasteiger partial charge in [0.05, 0.1) is 5.56 Å². The smallest absolute Gasteiger partial charge is 0.268 e. The lowest BCUT2D eigenvalue weighted by Gasteiger charge is -2.12. The number of aromatic nitrogens is 1. The van der Waals surface area contributed by atoms with E-state index < -0.39 is 0 Å². The highest BCUT2D eigenvalue weighted by molar-refractivity contribution is 8.11. The van der Waals surface area contributed by atoms with Gasteiger partial charge in [-0.15, -0.1) is 0 Å². The average Bonchev–Trinajstić information content (AvgIpc) is 2.70. The maximum absolute atomic E-state index is 12.7. The summed E-state index contributed by atoms with van der Waals surface area (Å²) in [5.74, 6) is -0.292. The number of hydrogen-bond donors (Lipinski definition) is 2. The van der Waals surface area contributed by atoms with Gasteiger partial charge in [0.1, 0.15) is 5.69 Å². The first-order chi connectivity index (χ1) is 13.3. The fourth-order valence-corrected chi connectivity index (χ4v) is 3.54. The van der Waals surface area contributed by atoms with Gasteiger partial charge in [-0.3, -0.25) is 9.59 Å². The molecular weight excluding hydrogens is 368 g/mol. The van der Waals surface area contributed by atoms with E-state index in [1.807, 2.05) is 58.0 Å². The Morgan fingerprint density at radius 3 is 2.46 bits per heavy atom. The van der Waals surface area contributed by atoms with Crippen LogP contribution >= 0.6 is 11.8 Å². The standard InChI is InChI=1S/C23H28N2O2S/c1-6-16(4)22(28-17(5)7-2)19-14-24-20(12-21(19)26)23(27)25-13-18-10-8-15(3)9-11-18/h7-12,14H,6,13H2,1-5H3,(H,24,26)(H,25,27)/b17-7-,22-16?. The molecule has 0 unspecified atom stereocenters. The van der Waals surface area contributed by atoms with Gasteiger partial charge in [-0.1, -0.05) is 60.2 Å². The minimum Gasteiger partial charge on any atom is -0.356 e. The molecule has 1 amide bonds. The quantitative estimate of drug-likeness (QED) is 0.658. The van der Waals surface area contributed by atoms with Gasteiger partial charge in [-0.25, -0.2) is 0 Å². The number of allylic oxidation sites excluding steroid dienone is 3. The molecule has 0 aliphatic carbocycles. The molecule has 0 saturated carbocycles. The molecule has 28 heavy (non-hydrogen) atoms. The van der Waals surface area contributed by atoms with Crippen LogP contribution in [0.2, 0.25) is 0 Å². The van der Waals surface area contributed by atoms with Crippen LogP contribution in [0.1, 0.15) is 61.3 Å². The third-order valence-corrected chi connectivity index (χ3v) is 5.89. The van der Waals surface area contributed by atoms with E-state index in [-0.39, 0.29) is 17.0 Å². The van der Waals surface area contributed by atoms with Crippen LogP contribution in [0.15, 0.2) is 57.9 Å². The molecule has 1 heterocycles. The van der Waals surface area contributed by atoms with Crippen molar-refractivity contribution in [3.05, 3.63) is 85.7 Å². The van der Waals surface area contributed by atoms with Gasteiger partial charge in [-0.05, 0) is 44.6 Å². The summed E-state index contributed by atoms with van der Waals surface area (Å²) in [5, 5.41) is 2.85. The first-order valence-electron chi connectivity index (χ1n) is 9.43. The SMILES string of the molecule is C/C=C(/C)SC(=C(C)CC)c1c[nH]c(C(=O)NCc2ccc(C)cc2)cc1=O. The lowest BCUT2D eigenvalue weighted by molar-refractivity contribution is 0.0946. The number of hydrogen-bond acceptors (Lipinski definition) is 3. The molecule has 0 fully saturated rings. The van der Waals surface area contributed by atoms with Gasteiger partial charge in [0.15, 0.2) is 5.43 Å². The second-order valence-electron chi connectivity index (χ2n) is 6.76. The summed E-state index contributed by atoms with van der Waals surface area (Å²) >= 11 is 1.59. The number of pyridine rings is 1. The lowest BCUT2D eigenvalue weighted by atomic mass is 10.1. The van der Waals surface area contributed by atoms with Gasteiger partial charge in [0.25, 0.3) is 5.91 Å². The van der Waals surface area contributed by atoms with Crippen LogP contribution in [0.3, 0.4) is 0 Å². The highest BCUT2D eigenvalue weighted by atomic mass is 32.2. The Hall–Kier alpha value is -2.53. The minimum absolute atomic E-state index is 0.154. The van der Waals surface area contributed by atoms with Gasteiger partial charge >= 0.3 is 0 Å². The molecule has 1 aromatic carbocycles. The number of nitrogens with one attached hydrogen (secondary N) is 2. The molecule has 5 heteroatoms. The Morgan fingerprint density at radius 2 is 1.89 bits per heavy atom. The zero-order chi connectivity index (χ0) is 20.7. The molecule has 148 valence electrons. The van der Waals surface area contributed by atoms with E-state index in [2.05, 4.69) is 17.2 Å². The number of rotatable bonds is 7. The number of thioether (sulfide) groups is 1. The fourth-order valence-electron chi connectivity index (χ4n) is 2.52. The summed E-state index contributed by atoms with van der Waals surface area (Å²) in [4.78, 5) is 30.2. The van der Waals surface area contributed by atoms with E-state index in [9.17, 15) is 9.59 Å². The second-order valence-corrected chi connectivity index (χ2v) is 8.01. The highest BCUT2D eigenvalue weighted by Crippen LogP contribution is 2.35. The molecule has 0 spiro atoms. The molecule has 0 saturated heterocycles. The molecule has 2 N–H and O–H groups in total. The normalized spacial score (nSPS) is 12.5. The van der Waals surface area contributed by atoms with E-state index in [1.165, 1.54) is 11.6 Å². The maximum Gasteiger partial charge on any atom is 0.268 e. The van der Waals surface area contributed by atoms with Crippen LogP contribution in [0.25, 0.3) is 4.91 Å². The number of benzene rings is 1. The molecule has 4 nitrogen and oxygen atoms in total. The fraction of sp³-hybridized carbons (Fsp3) is 0.304. The first-order valence-corrected chi connectivity index (χ1v) is 10.2. The maximum atomic E-state index is 12.7. The van der Waals surface area contributed by atoms with Crippen LogP contribution in [0.5, 0.6) is 0 Å².